The molecule has 5 aliphatic heterocycles. The molecule has 0 bridgehead atoms. The third-order valence-electron chi connectivity index (χ3n) is 7.12. The highest BCUT2D eigenvalue weighted by Gasteiger charge is 2.41. The lowest BCUT2D eigenvalue weighted by molar-refractivity contribution is -0.188. The van der Waals surface area contributed by atoms with Gasteiger partial charge in [0.15, 0.2) is 11.0 Å². The number of nitrogens with zero attached hydrogens (tertiary/aromatic N) is 5. The second-order valence-electron chi connectivity index (χ2n) is 9.17. The zero-order valence-electron chi connectivity index (χ0n) is 21.0. The standard InChI is InChI=1S/C23H33N5O2S.C4H6/c1-2-19(20-5-3-4-10-24-20)21-25-17-26-22(31-21)28-11-6-18(7-12-28)27-13-8-23(9-14-27)29-15-16-30-23;1-3-4-2/h3-4,10,18H,2,5-9,11-17H2,1H3;3-4H,1-2H2/b20-19-;. The minimum absolute atomic E-state index is 0.274. The van der Waals surface area contributed by atoms with Crippen LogP contribution < -0.4 is 0 Å². The van der Waals surface area contributed by atoms with Crippen LogP contribution in [-0.2, 0) is 9.47 Å². The van der Waals surface area contributed by atoms with Crippen molar-refractivity contribution in [2.75, 3.05) is 46.1 Å². The second-order valence-corrected chi connectivity index (χ2v) is 10.1. The van der Waals surface area contributed by atoms with Crippen molar-refractivity contribution in [3.63, 3.8) is 0 Å². The normalized spacial score (nSPS) is 26.0. The van der Waals surface area contributed by atoms with Crippen LogP contribution in [0.25, 0.3) is 0 Å². The smallest absolute Gasteiger partial charge is 0.170 e. The number of hydrogen-bond donors (Lipinski definition) is 0. The van der Waals surface area contributed by atoms with Gasteiger partial charge in [-0.25, -0.2) is 4.99 Å². The molecule has 0 N–H and O–H groups in total. The minimum atomic E-state index is -0.274. The van der Waals surface area contributed by atoms with Crippen LogP contribution in [0.3, 0.4) is 0 Å². The Bertz CT molecular complexity index is 893. The number of ether oxygens (including phenoxy) is 2. The number of thioether (sulfide) groups is 1. The molecule has 7 nitrogen and oxygen atoms in total. The molecule has 0 amide bonds. The molecule has 0 saturated carbocycles. The summed E-state index contributed by atoms with van der Waals surface area (Å²) in [5, 5.41) is 2.24. The van der Waals surface area contributed by atoms with Crippen LogP contribution in [0, 0.1) is 0 Å². The van der Waals surface area contributed by atoms with E-state index in [1.807, 2.05) is 12.3 Å². The first-order valence-corrected chi connectivity index (χ1v) is 13.7. The van der Waals surface area contributed by atoms with Gasteiger partial charge >= 0.3 is 0 Å². The number of rotatable bonds is 4. The molecule has 5 rings (SSSR count). The third-order valence-corrected chi connectivity index (χ3v) is 8.26. The van der Waals surface area contributed by atoms with Gasteiger partial charge in [0.1, 0.15) is 11.7 Å². The molecule has 0 aromatic heterocycles. The van der Waals surface area contributed by atoms with Gasteiger partial charge in [0, 0.05) is 69.0 Å². The lowest BCUT2D eigenvalue weighted by Gasteiger charge is -2.44. The maximum absolute atomic E-state index is 5.89. The van der Waals surface area contributed by atoms with Crippen LogP contribution in [0.1, 0.15) is 45.4 Å². The number of aliphatic imine (C=N–C) groups is 3. The summed E-state index contributed by atoms with van der Waals surface area (Å²) < 4.78 is 11.8. The highest BCUT2D eigenvalue weighted by Crippen LogP contribution is 2.34. The van der Waals surface area contributed by atoms with E-state index < -0.39 is 0 Å². The zero-order valence-corrected chi connectivity index (χ0v) is 21.8. The van der Waals surface area contributed by atoms with E-state index in [9.17, 15) is 0 Å². The summed E-state index contributed by atoms with van der Waals surface area (Å²) in [5.74, 6) is -0.274. The molecular weight excluding hydrogens is 458 g/mol. The van der Waals surface area contributed by atoms with E-state index in [2.05, 4.69) is 40.9 Å². The zero-order chi connectivity index (χ0) is 24.5. The number of piperidine rings is 2. The van der Waals surface area contributed by atoms with Crippen molar-refractivity contribution in [3.8, 4) is 0 Å². The predicted molar refractivity (Wildman–Crippen MR) is 147 cm³/mol. The van der Waals surface area contributed by atoms with Crippen molar-refractivity contribution in [3.05, 3.63) is 48.7 Å². The molecule has 190 valence electrons. The van der Waals surface area contributed by atoms with E-state index in [0.717, 1.165) is 81.0 Å². The summed E-state index contributed by atoms with van der Waals surface area (Å²) in [5.41, 5.74) is 2.42. The van der Waals surface area contributed by atoms with Crippen molar-refractivity contribution < 1.29 is 9.47 Å². The van der Waals surface area contributed by atoms with Crippen LogP contribution in [0.15, 0.2) is 63.7 Å². The van der Waals surface area contributed by atoms with Crippen molar-refractivity contribution >= 4 is 28.2 Å². The molecule has 0 aromatic rings. The number of amidine groups is 1. The lowest BCUT2D eigenvalue weighted by atomic mass is 9.97. The molecule has 3 fully saturated rings. The molecule has 35 heavy (non-hydrogen) atoms. The Balaban J connectivity index is 0.000000672. The van der Waals surface area contributed by atoms with Gasteiger partial charge in [0.2, 0.25) is 0 Å². The summed E-state index contributed by atoms with van der Waals surface area (Å²) in [6.07, 6.45) is 15.6. The molecule has 5 aliphatic rings. The second kappa shape index (κ2) is 12.8. The molecule has 1 spiro atoms. The molecule has 8 heteroatoms. The van der Waals surface area contributed by atoms with Crippen LogP contribution in [0.2, 0.25) is 0 Å². The fraction of sp³-hybridized carbons (Fsp3) is 0.593. The lowest BCUT2D eigenvalue weighted by Crippen LogP contribution is -2.52. The van der Waals surface area contributed by atoms with Gasteiger partial charge in [-0.05, 0) is 37.1 Å². The van der Waals surface area contributed by atoms with Crippen LogP contribution in [-0.4, -0.2) is 84.1 Å². The van der Waals surface area contributed by atoms with Crippen LogP contribution in [0.4, 0.5) is 0 Å². The quantitative estimate of drug-likeness (QED) is 0.522. The Morgan fingerprint density at radius 2 is 1.83 bits per heavy atom. The molecule has 3 saturated heterocycles. The van der Waals surface area contributed by atoms with E-state index >= 15 is 0 Å². The van der Waals surface area contributed by atoms with Gasteiger partial charge in [-0.2, -0.15) is 0 Å². The topological polar surface area (TPSA) is 62.0 Å². The first-order chi connectivity index (χ1) is 17.2. The number of dihydropyridines is 1. The Labute approximate surface area is 214 Å². The van der Waals surface area contributed by atoms with Gasteiger partial charge in [-0.3, -0.25) is 14.9 Å². The molecule has 0 atom stereocenters. The van der Waals surface area contributed by atoms with Gasteiger partial charge in [0.05, 0.1) is 13.2 Å². The van der Waals surface area contributed by atoms with Gasteiger partial charge in [0.25, 0.3) is 0 Å². The van der Waals surface area contributed by atoms with Crippen molar-refractivity contribution in [2.45, 2.75) is 57.3 Å². The van der Waals surface area contributed by atoms with Crippen molar-refractivity contribution in [1.29, 1.82) is 0 Å². The number of hydrogen-bond acceptors (Lipinski definition) is 8. The molecule has 0 aliphatic carbocycles. The molecular formula is C27H39N5O2S. The van der Waals surface area contributed by atoms with Gasteiger partial charge < -0.3 is 14.4 Å². The molecule has 0 aromatic carbocycles. The third kappa shape index (κ3) is 6.61. The van der Waals surface area contributed by atoms with E-state index in [4.69, 9.17) is 19.5 Å². The van der Waals surface area contributed by atoms with E-state index in [0.29, 0.717) is 12.7 Å². The summed E-state index contributed by atoms with van der Waals surface area (Å²) in [4.78, 5) is 19.2. The average Bonchev–Trinajstić information content (AvgIpc) is 3.38. The minimum Gasteiger partial charge on any atom is -0.351 e. The van der Waals surface area contributed by atoms with Gasteiger partial charge in [-0.15, -0.1) is 0 Å². The van der Waals surface area contributed by atoms with E-state index in [1.165, 1.54) is 18.4 Å². The Morgan fingerprint density at radius 3 is 2.43 bits per heavy atom. The predicted octanol–water partition coefficient (Wildman–Crippen LogP) is 4.80. The summed E-state index contributed by atoms with van der Waals surface area (Å²) >= 11 is 1.74. The Hall–Kier alpha value is -2.00. The molecule has 0 radical (unpaired) electrons. The number of likely N-dealkylation sites (tertiary alicyclic amines) is 2. The summed E-state index contributed by atoms with van der Waals surface area (Å²) in [6, 6.07) is 0.661. The number of allylic oxidation sites excluding steroid dienone is 4. The SMILES string of the molecule is C=CC=C.CC/C(C1=NCN=C(N2CCC(N3CCC4(CC3)OCCO4)CC2)S1)=C1\CC=CC=N1. The first kappa shape index (κ1) is 26.1. The molecule has 5 heterocycles. The van der Waals surface area contributed by atoms with Crippen molar-refractivity contribution in [1.82, 2.24) is 9.80 Å². The van der Waals surface area contributed by atoms with Crippen LogP contribution >= 0.6 is 11.8 Å². The van der Waals surface area contributed by atoms with Crippen LogP contribution in [0.5, 0.6) is 0 Å². The monoisotopic (exact) mass is 497 g/mol. The van der Waals surface area contributed by atoms with Crippen molar-refractivity contribution in [2.24, 2.45) is 15.0 Å². The summed E-state index contributed by atoms with van der Waals surface area (Å²) in [6.45, 7) is 15.3. The highest BCUT2D eigenvalue weighted by molar-refractivity contribution is 8.27. The van der Waals surface area contributed by atoms with Gasteiger partial charge in [-0.1, -0.05) is 38.3 Å². The van der Waals surface area contributed by atoms with E-state index in [-0.39, 0.29) is 5.79 Å². The average molecular weight is 498 g/mol. The summed E-state index contributed by atoms with van der Waals surface area (Å²) in [7, 11) is 0. The first-order valence-electron chi connectivity index (χ1n) is 12.9. The van der Waals surface area contributed by atoms with E-state index in [1.54, 1.807) is 23.9 Å². The Kier molecular flexibility index (Phi) is 9.54. The fourth-order valence-corrected chi connectivity index (χ4v) is 6.29. The fourth-order valence-electron chi connectivity index (χ4n) is 5.18. The Morgan fingerprint density at radius 1 is 1.11 bits per heavy atom. The maximum Gasteiger partial charge on any atom is 0.170 e. The largest absolute Gasteiger partial charge is 0.351 e. The highest BCUT2D eigenvalue weighted by atomic mass is 32.2. The molecule has 0 unspecified atom stereocenters. The maximum atomic E-state index is 5.89.